The van der Waals surface area contributed by atoms with Crippen LogP contribution in [0.2, 0.25) is 0 Å². The van der Waals surface area contributed by atoms with Crippen LogP contribution in [0.25, 0.3) is 0 Å². The summed E-state index contributed by atoms with van der Waals surface area (Å²) in [6, 6.07) is 3.26. The summed E-state index contributed by atoms with van der Waals surface area (Å²) in [4.78, 5) is 11.0. The molecule has 0 saturated heterocycles. The molecule has 0 aromatic heterocycles. The van der Waals surface area contributed by atoms with Crippen LogP contribution >= 0.6 is 0 Å². The van der Waals surface area contributed by atoms with E-state index in [0.29, 0.717) is 5.71 Å². The summed E-state index contributed by atoms with van der Waals surface area (Å²) in [6.45, 7) is 1.56. The van der Waals surface area contributed by atoms with E-state index in [2.05, 4.69) is 10.5 Å². The average molecular weight is 160 g/mol. The molecule has 0 aromatic rings. The lowest BCUT2D eigenvalue weighted by Crippen LogP contribution is -2.14. The number of carbonyl (C=O) groups excluding carboxylic acids is 1. The Balaban J connectivity index is 3.28. The largest absolute Gasteiger partial charge is 0.275 e. The Morgan fingerprint density at radius 1 is 1.50 bits per heavy atom. The van der Waals surface area contributed by atoms with Gasteiger partial charge in [-0.05, 0) is 6.92 Å². The van der Waals surface area contributed by atoms with E-state index >= 15 is 0 Å². The van der Waals surface area contributed by atoms with Gasteiger partial charge in [0.05, 0.1) is 11.3 Å². The summed E-state index contributed by atoms with van der Waals surface area (Å²) in [5.41, 5.74) is 2.40. The topological polar surface area (TPSA) is 89.0 Å². The highest BCUT2D eigenvalue weighted by atomic mass is 16.2. The molecule has 5 heteroatoms. The third-order valence-corrected chi connectivity index (χ3v) is 1.39. The average Bonchev–Trinajstić information content (AvgIpc) is 2.38. The molecule has 1 rings (SSSR count). The number of hydrogen-bond acceptors (Lipinski definition) is 4. The van der Waals surface area contributed by atoms with Gasteiger partial charge in [0, 0.05) is 0 Å². The number of amides is 1. The lowest BCUT2D eigenvalue weighted by molar-refractivity contribution is -0.116. The maximum Gasteiger partial charge on any atom is 0.275 e. The predicted octanol–water partition coefficient (Wildman–Crippen LogP) is -0.164. The fourth-order valence-electron chi connectivity index (χ4n) is 0.842. The Hall–Kier alpha value is -2.14. The molecule has 0 radical (unpaired) electrons. The van der Waals surface area contributed by atoms with Crippen LogP contribution in [-0.4, -0.2) is 11.6 Å². The molecule has 0 aromatic carbocycles. The van der Waals surface area contributed by atoms with Gasteiger partial charge in [0.15, 0.2) is 0 Å². The first-order chi connectivity index (χ1) is 5.70. The zero-order chi connectivity index (χ0) is 9.14. The van der Waals surface area contributed by atoms with Gasteiger partial charge in [0.1, 0.15) is 17.7 Å². The number of rotatable bonds is 0. The van der Waals surface area contributed by atoms with E-state index in [1.165, 1.54) is 0 Å². The zero-order valence-electron chi connectivity index (χ0n) is 6.25. The highest BCUT2D eigenvalue weighted by Gasteiger charge is 2.23. The molecule has 0 bridgehead atoms. The minimum atomic E-state index is -0.495. The van der Waals surface area contributed by atoms with Crippen molar-refractivity contribution < 1.29 is 4.79 Å². The molecule has 5 nitrogen and oxygen atoms in total. The van der Waals surface area contributed by atoms with Gasteiger partial charge in [-0.1, -0.05) is 0 Å². The molecule has 0 aliphatic carbocycles. The van der Waals surface area contributed by atoms with E-state index in [0.717, 1.165) is 0 Å². The summed E-state index contributed by atoms with van der Waals surface area (Å²) < 4.78 is 0. The van der Waals surface area contributed by atoms with E-state index in [1.807, 2.05) is 0 Å². The molecule has 0 saturated carbocycles. The molecule has 0 fully saturated rings. The van der Waals surface area contributed by atoms with E-state index in [-0.39, 0.29) is 11.1 Å². The van der Waals surface area contributed by atoms with Crippen molar-refractivity contribution in [1.82, 2.24) is 5.43 Å². The van der Waals surface area contributed by atoms with Crippen molar-refractivity contribution in [2.24, 2.45) is 5.10 Å². The van der Waals surface area contributed by atoms with Crippen LogP contribution in [0.4, 0.5) is 0 Å². The maximum atomic E-state index is 11.0. The van der Waals surface area contributed by atoms with Crippen molar-refractivity contribution in [3.63, 3.8) is 0 Å². The van der Waals surface area contributed by atoms with Gasteiger partial charge in [0.2, 0.25) is 0 Å². The first-order valence-electron chi connectivity index (χ1n) is 3.10. The van der Waals surface area contributed by atoms with E-state index in [9.17, 15) is 4.79 Å². The Bertz CT molecular complexity index is 361. The molecule has 1 N–H and O–H groups in total. The SMILES string of the molecule is CC1=NNC(=O)C1=C(C#N)C#N. The van der Waals surface area contributed by atoms with Crippen molar-refractivity contribution in [3.05, 3.63) is 11.1 Å². The predicted molar refractivity (Wildman–Crippen MR) is 39.5 cm³/mol. The third-order valence-electron chi connectivity index (χ3n) is 1.39. The molecule has 1 heterocycles. The number of allylic oxidation sites excluding steroid dienone is 1. The maximum absolute atomic E-state index is 11.0. The van der Waals surface area contributed by atoms with Crippen molar-refractivity contribution in [2.75, 3.05) is 0 Å². The number of nitrogens with zero attached hydrogens (tertiary/aromatic N) is 3. The molecule has 1 aliphatic heterocycles. The van der Waals surface area contributed by atoms with Gasteiger partial charge >= 0.3 is 0 Å². The number of hydrazone groups is 1. The third kappa shape index (κ3) is 1.04. The lowest BCUT2D eigenvalue weighted by atomic mass is 10.1. The van der Waals surface area contributed by atoms with Crippen molar-refractivity contribution in [3.8, 4) is 12.1 Å². The van der Waals surface area contributed by atoms with Crippen molar-refractivity contribution >= 4 is 11.6 Å². The molecule has 0 spiro atoms. The first kappa shape index (κ1) is 7.96. The molecular formula is C7H4N4O. The summed E-state index contributed by atoms with van der Waals surface area (Å²) in [7, 11) is 0. The Kier molecular flexibility index (Phi) is 1.89. The molecule has 0 unspecified atom stereocenters. The molecule has 1 amide bonds. The highest BCUT2D eigenvalue weighted by molar-refractivity contribution is 6.25. The molecule has 1 aliphatic rings. The molecule has 58 valence electrons. The van der Waals surface area contributed by atoms with Gasteiger partial charge in [-0.2, -0.15) is 15.6 Å². The Morgan fingerprint density at radius 3 is 2.42 bits per heavy atom. The summed E-state index contributed by atoms with van der Waals surface area (Å²) in [5.74, 6) is -0.495. The van der Waals surface area contributed by atoms with Crippen LogP contribution in [0.3, 0.4) is 0 Å². The second-order valence-corrected chi connectivity index (χ2v) is 2.11. The van der Waals surface area contributed by atoms with Gasteiger partial charge < -0.3 is 0 Å². The minimum absolute atomic E-state index is 0.0694. The van der Waals surface area contributed by atoms with Crippen LogP contribution in [0.5, 0.6) is 0 Å². The fourth-order valence-corrected chi connectivity index (χ4v) is 0.842. The molecular weight excluding hydrogens is 156 g/mol. The number of hydrogen-bond donors (Lipinski definition) is 1. The van der Waals surface area contributed by atoms with Crippen LogP contribution in [0.15, 0.2) is 16.2 Å². The zero-order valence-corrected chi connectivity index (χ0v) is 6.25. The fraction of sp³-hybridized carbons (Fsp3) is 0.143. The number of nitrogens with one attached hydrogen (secondary N) is 1. The van der Waals surface area contributed by atoms with Crippen molar-refractivity contribution in [1.29, 1.82) is 10.5 Å². The standard InChI is InChI=1S/C7H4N4O/c1-4-6(5(2-8)3-9)7(12)11-10-4/h1H3,(H,11,12). The van der Waals surface area contributed by atoms with E-state index in [1.54, 1.807) is 19.1 Å². The highest BCUT2D eigenvalue weighted by Crippen LogP contribution is 2.10. The van der Waals surface area contributed by atoms with E-state index in [4.69, 9.17) is 10.5 Å². The van der Waals surface area contributed by atoms with Crippen LogP contribution < -0.4 is 5.43 Å². The van der Waals surface area contributed by atoms with Gasteiger partial charge in [0.25, 0.3) is 5.91 Å². The normalized spacial score (nSPS) is 14.4. The van der Waals surface area contributed by atoms with Crippen LogP contribution in [0, 0.1) is 22.7 Å². The second kappa shape index (κ2) is 2.85. The van der Waals surface area contributed by atoms with Crippen LogP contribution in [-0.2, 0) is 4.79 Å². The minimum Gasteiger partial charge on any atom is -0.267 e. The van der Waals surface area contributed by atoms with E-state index < -0.39 is 5.91 Å². The first-order valence-corrected chi connectivity index (χ1v) is 3.10. The van der Waals surface area contributed by atoms with Crippen molar-refractivity contribution in [2.45, 2.75) is 6.92 Å². The summed E-state index contributed by atoms with van der Waals surface area (Å²) >= 11 is 0. The Morgan fingerprint density at radius 2 is 2.08 bits per heavy atom. The quantitative estimate of drug-likeness (QED) is 0.394. The van der Waals surface area contributed by atoms with Gasteiger partial charge in [-0.25, -0.2) is 5.43 Å². The van der Waals surface area contributed by atoms with Gasteiger partial charge in [-0.15, -0.1) is 0 Å². The monoisotopic (exact) mass is 160 g/mol. The second-order valence-electron chi connectivity index (χ2n) is 2.11. The summed E-state index contributed by atoms with van der Waals surface area (Å²) in [6.07, 6.45) is 0. The molecule has 12 heavy (non-hydrogen) atoms. The Labute approximate surface area is 68.6 Å². The van der Waals surface area contributed by atoms with Crippen LogP contribution in [0.1, 0.15) is 6.92 Å². The lowest BCUT2D eigenvalue weighted by Gasteiger charge is -1.91. The summed E-state index contributed by atoms with van der Waals surface area (Å²) in [5, 5.41) is 20.5. The number of nitriles is 2. The van der Waals surface area contributed by atoms with Gasteiger partial charge in [-0.3, -0.25) is 4.79 Å². The smallest absolute Gasteiger partial charge is 0.267 e. The number of carbonyl (C=O) groups is 1. The molecule has 0 atom stereocenters.